The third-order valence-corrected chi connectivity index (χ3v) is 3.37. The van der Waals surface area contributed by atoms with E-state index in [1.165, 1.54) is 29.3 Å². The summed E-state index contributed by atoms with van der Waals surface area (Å²) in [6, 6.07) is 0.339. The van der Waals surface area contributed by atoms with Gasteiger partial charge in [0.05, 0.1) is 17.7 Å². The highest BCUT2D eigenvalue weighted by Gasteiger charge is 2.21. The van der Waals surface area contributed by atoms with Crippen LogP contribution in [-0.2, 0) is 6.54 Å². The largest absolute Gasteiger partial charge is 0.395 e. The fraction of sp³-hybridized carbons (Fsp3) is 0.778. The summed E-state index contributed by atoms with van der Waals surface area (Å²) >= 11 is 1.44. The third-order valence-electron chi connectivity index (χ3n) is 2.73. The molecule has 1 aliphatic rings. The maximum atomic E-state index is 9.22. The Kier molecular flexibility index (Phi) is 3.44. The van der Waals surface area contributed by atoms with Crippen LogP contribution in [0.5, 0.6) is 0 Å². The monoisotopic (exact) mass is 213 g/mol. The second-order valence-corrected chi connectivity index (χ2v) is 4.56. The van der Waals surface area contributed by atoms with Gasteiger partial charge in [-0.05, 0) is 30.9 Å². The smallest absolute Gasteiger partial charge is 0.0666 e. The predicted octanol–water partition coefficient (Wildman–Crippen LogP) is 0.885. The Morgan fingerprint density at radius 1 is 1.57 bits per heavy atom. The molecule has 78 valence electrons. The van der Waals surface area contributed by atoms with Gasteiger partial charge in [0.2, 0.25) is 0 Å². The number of likely N-dealkylation sites (tertiary alicyclic amines) is 1. The molecule has 4 nitrogen and oxygen atoms in total. The Morgan fingerprint density at radius 3 is 3.21 bits per heavy atom. The molecule has 0 spiro atoms. The number of aliphatic hydroxyl groups is 1. The van der Waals surface area contributed by atoms with E-state index in [-0.39, 0.29) is 6.61 Å². The van der Waals surface area contributed by atoms with Gasteiger partial charge in [0.1, 0.15) is 0 Å². The Morgan fingerprint density at radius 2 is 2.50 bits per heavy atom. The van der Waals surface area contributed by atoms with Crippen LogP contribution in [0.4, 0.5) is 0 Å². The lowest BCUT2D eigenvalue weighted by Gasteiger charge is -2.33. The molecule has 1 aliphatic heterocycles. The van der Waals surface area contributed by atoms with Crippen LogP contribution in [0.15, 0.2) is 6.20 Å². The van der Waals surface area contributed by atoms with Crippen LogP contribution in [0, 0.1) is 0 Å². The van der Waals surface area contributed by atoms with Gasteiger partial charge in [-0.25, -0.2) is 0 Å². The zero-order valence-electron chi connectivity index (χ0n) is 8.09. The van der Waals surface area contributed by atoms with Crippen molar-refractivity contribution in [1.29, 1.82) is 0 Å². The molecule has 5 heteroatoms. The maximum absolute atomic E-state index is 9.22. The lowest BCUT2D eigenvalue weighted by molar-refractivity contribution is 0.0849. The quantitative estimate of drug-likeness (QED) is 0.810. The van der Waals surface area contributed by atoms with Crippen LogP contribution in [0.2, 0.25) is 0 Å². The van der Waals surface area contributed by atoms with Gasteiger partial charge in [-0.2, -0.15) is 0 Å². The molecule has 0 saturated carbocycles. The first-order valence-electron chi connectivity index (χ1n) is 5.01. The average molecular weight is 213 g/mol. The minimum atomic E-state index is 0.270. The minimum Gasteiger partial charge on any atom is -0.395 e. The van der Waals surface area contributed by atoms with Crippen molar-refractivity contribution in [3.8, 4) is 0 Å². The van der Waals surface area contributed by atoms with Crippen LogP contribution in [0.3, 0.4) is 0 Å². The summed E-state index contributed by atoms with van der Waals surface area (Å²) in [7, 11) is 0. The summed E-state index contributed by atoms with van der Waals surface area (Å²) in [5.74, 6) is 0. The van der Waals surface area contributed by atoms with E-state index in [0.717, 1.165) is 19.5 Å². The molecule has 1 aromatic rings. The standard InChI is InChI=1S/C9H15N3OS/c13-7-8-3-1-2-4-12(8)6-9-5-10-11-14-9/h5,8,13H,1-4,6-7H2. The predicted molar refractivity (Wildman–Crippen MR) is 55.0 cm³/mol. The first-order chi connectivity index (χ1) is 6.90. The first-order valence-corrected chi connectivity index (χ1v) is 5.78. The van der Waals surface area contributed by atoms with E-state index in [4.69, 9.17) is 0 Å². The number of nitrogens with zero attached hydrogens (tertiary/aromatic N) is 3. The van der Waals surface area contributed by atoms with Gasteiger partial charge in [-0.15, -0.1) is 5.10 Å². The van der Waals surface area contributed by atoms with Crippen molar-refractivity contribution in [2.75, 3.05) is 13.2 Å². The number of rotatable bonds is 3. The van der Waals surface area contributed by atoms with Crippen LogP contribution < -0.4 is 0 Å². The number of aromatic nitrogens is 2. The molecule has 14 heavy (non-hydrogen) atoms. The van der Waals surface area contributed by atoms with E-state index in [0.29, 0.717) is 6.04 Å². The van der Waals surface area contributed by atoms with Crippen molar-refractivity contribution in [3.63, 3.8) is 0 Å². The Hall–Kier alpha value is -0.520. The molecule has 1 unspecified atom stereocenters. The van der Waals surface area contributed by atoms with Gasteiger partial charge in [0, 0.05) is 12.6 Å². The molecule has 0 bridgehead atoms. The van der Waals surface area contributed by atoms with E-state index < -0.39 is 0 Å². The third kappa shape index (κ3) is 2.29. The summed E-state index contributed by atoms with van der Waals surface area (Å²) in [6.07, 6.45) is 5.40. The molecule has 0 aliphatic carbocycles. The fourth-order valence-electron chi connectivity index (χ4n) is 1.93. The second kappa shape index (κ2) is 4.82. The van der Waals surface area contributed by atoms with Gasteiger partial charge in [-0.1, -0.05) is 10.9 Å². The van der Waals surface area contributed by atoms with Crippen LogP contribution in [-0.4, -0.2) is 38.8 Å². The van der Waals surface area contributed by atoms with Crippen molar-refractivity contribution < 1.29 is 5.11 Å². The molecule has 0 aromatic carbocycles. The average Bonchev–Trinajstić information content (AvgIpc) is 2.71. The molecular weight excluding hydrogens is 198 g/mol. The van der Waals surface area contributed by atoms with Gasteiger partial charge in [-0.3, -0.25) is 4.90 Å². The van der Waals surface area contributed by atoms with E-state index in [1.54, 1.807) is 0 Å². The SMILES string of the molecule is OCC1CCCCN1Cc1cnns1. The molecule has 2 rings (SSSR count). The highest BCUT2D eigenvalue weighted by atomic mass is 32.1. The van der Waals surface area contributed by atoms with Crippen LogP contribution in [0.1, 0.15) is 24.1 Å². The summed E-state index contributed by atoms with van der Waals surface area (Å²) in [5, 5.41) is 13.0. The number of hydrogen-bond donors (Lipinski definition) is 1. The molecular formula is C9H15N3OS. The van der Waals surface area contributed by atoms with Crippen molar-refractivity contribution >= 4 is 11.5 Å². The lowest BCUT2D eigenvalue weighted by Crippen LogP contribution is -2.40. The molecule has 0 radical (unpaired) electrons. The van der Waals surface area contributed by atoms with Gasteiger partial charge < -0.3 is 5.11 Å². The zero-order chi connectivity index (χ0) is 9.80. The summed E-state index contributed by atoms with van der Waals surface area (Å²) in [6.45, 7) is 2.25. The van der Waals surface area contributed by atoms with Gasteiger partial charge in [0.15, 0.2) is 0 Å². The highest BCUT2D eigenvalue weighted by Crippen LogP contribution is 2.19. The molecule has 2 heterocycles. The second-order valence-electron chi connectivity index (χ2n) is 3.69. The van der Waals surface area contributed by atoms with Crippen molar-refractivity contribution in [1.82, 2.24) is 14.5 Å². The van der Waals surface area contributed by atoms with E-state index in [2.05, 4.69) is 14.5 Å². The normalized spacial score (nSPS) is 23.9. The molecule has 1 saturated heterocycles. The summed E-state index contributed by atoms with van der Waals surface area (Å²) in [5.41, 5.74) is 0. The Labute approximate surface area is 87.7 Å². The summed E-state index contributed by atoms with van der Waals surface area (Å²) in [4.78, 5) is 3.52. The van der Waals surface area contributed by atoms with Crippen molar-refractivity contribution in [2.45, 2.75) is 31.8 Å². The van der Waals surface area contributed by atoms with Gasteiger partial charge >= 0.3 is 0 Å². The number of piperidine rings is 1. The summed E-state index contributed by atoms with van der Waals surface area (Å²) < 4.78 is 3.84. The van der Waals surface area contributed by atoms with Crippen molar-refractivity contribution in [3.05, 3.63) is 11.1 Å². The molecule has 1 fully saturated rings. The molecule has 0 amide bonds. The molecule has 1 N–H and O–H groups in total. The Bertz CT molecular complexity index is 265. The topological polar surface area (TPSA) is 49.2 Å². The number of hydrogen-bond acceptors (Lipinski definition) is 5. The van der Waals surface area contributed by atoms with E-state index >= 15 is 0 Å². The van der Waals surface area contributed by atoms with E-state index in [9.17, 15) is 5.11 Å². The van der Waals surface area contributed by atoms with Crippen molar-refractivity contribution in [2.24, 2.45) is 0 Å². The molecule has 1 atom stereocenters. The number of aliphatic hydroxyl groups excluding tert-OH is 1. The maximum Gasteiger partial charge on any atom is 0.0666 e. The molecule has 1 aromatic heterocycles. The lowest BCUT2D eigenvalue weighted by atomic mass is 10.0. The Balaban J connectivity index is 1.94. The van der Waals surface area contributed by atoms with Crippen LogP contribution >= 0.6 is 11.5 Å². The highest BCUT2D eigenvalue weighted by molar-refractivity contribution is 7.05. The van der Waals surface area contributed by atoms with Gasteiger partial charge in [0.25, 0.3) is 0 Å². The van der Waals surface area contributed by atoms with Crippen LogP contribution in [0.25, 0.3) is 0 Å². The van der Waals surface area contributed by atoms with E-state index in [1.807, 2.05) is 6.20 Å². The minimum absolute atomic E-state index is 0.270. The first kappa shape index (κ1) is 10.0. The zero-order valence-corrected chi connectivity index (χ0v) is 8.91. The fourth-order valence-corrected chi connectivity index (χ4v) is 2.45.